The van der Waals surface area contributed by atoms with Gasteiger partial charge in [0.05, 0.1) is 0 Å². The third-order valence-corrected chi connectivity index (χ3v) is 0.782. The standard InChI is InChI=1S/C6H10O4/c1-3-4-5(2)9-10-6(7)8/h3,5H,1,4H2,2H3,(H,7,8). The van der Waals surface area contributed by atoms with Crippen molar-refractivity contribution in [2.75, 3.05) is 0 Å². The first-order valence-corrected chi connectivity index (χ1v) is 2.84. The zero-order valence-electron chi connectivity index (χ0n) is 5.74. The second-order valence-electron chi connectivity index (χ2n) is 1.78. The van der Waals surface area contributed by atoms with E-state index in [1.54, 1.807) is 13.0 Å². The number of rotatable bonds is 4. The van der Waals surface area contributed by atoms with E-state index in [2.05, 4.69) is 16.4 Å². The minimum atomic E-state index is -1.43. The Morgan fingerprint density at radius 2 is 2.50 bits per heavy atom. The molecular weight excluding hydrogens is 136 g/mol. The SMILES string of the molecule is C=CCC(C)OOC(=O)O. The molecule has 1 unspecified atom stereocenters. The topological polar surface area (TPSA) is 55.8 Å². The Bertz CT molecular complexity index is 121. The molecule has 0 aromatic rings. The van der Waals surface area contributed by atoms with Crippen LogP contribution in [0.4, 0.5) is 4.79 Å². The van der Waals surface area contributed by atoms with Crippen LogP contribution < -0.4 is 0 Å². The van der Waals surface area contributed by atoms with Crippen LogP contribution in [0.1, 0.15) is 13.3 Å². The highest BCUT2D eigenvalue weighted by molar-refractivity contribution is 5.55. The van der Waals surface area contributed by atoms with E-state index in [-0.39, 0.29) is 6.10 Å². The molecule has 0 aromatic heterocycles. The summed E-state index contributed by atoms with van der Waals surface area (Å²) >= 11 is 0. The molecule has 58 valence electrons. The van der Waals surface area contributed by atoms with Crippen LogP contribution in [0.25, 0.3) is 0 Å². The first-order chi connectivity index (χ1) is 4.66. The first-order valence-electron chi connectivity index (χ1n) is 2.84. The van der Waals surface area contributed by atoms with Crippen molar-refractivity contribution < 1.29 is 19.7 Å². The second-order valence-corrected chi connectivity index (χ2v) is 1.78. The van der Waals surface area contributed by atoms with Crippen LogP contribution in [0.2, 0.25) is 0 Å². The lowest BCUT2D eigenvalue weighted by molar-refractivity contribution is -0.278. The van der Waals surface area contributed by atoms with Crippen molar-refractivity contribution >= 4 is 6.16 Å². The van der Waals surface area contributed by atoms with E-state index in [0.29, 0.717) is 6.42 Å². The molecule has 0 aromatic carbocycles. The summed E-state index contributed by atoms with van der Waals surface area (Å²) in [5.74, 6) is 0. The Morgan fingerprint density at radius 1 is 1.90 bits per heavy atom. The number of carbonyl (C=O) groups is 1. The summed E-state index contributed by atoms with van der Waals surface area (Å²) in [4.78, 5) is 17.9. The number of hydrogen-bond donors (Lipinski definition) is 1. The van der Waals surface area contributed by atoms with E-state index in [0.717, 1.165) is 0 Å². The van der Waals surface area contributed by atoms with E-state index in [4.69, 9.17) is 5.11 Å². The summed E-state index contributed by atoms with van der Waals surface area (Å²) in [6, 6.07) is 0. The van der Waals surface area contributed by atoms with Gasteiger partial charge in [0.15, 0.2) is 0 Å². The van der Waals surface area contributed by atoms with Crippen molar-refractivity contribution in [3.8, 4) is 0 Å². The molecule has 0 amide bonds. The van der Waals surface area contributed by atoms with Gasteiger partial charge in [0.25, 0.3) is 0 Å². The third kappa shape index (κ3) is 5.11. The third-order valence-electron chi connectivity index (χ3n) is 0.782. The van der Waals surface area contributed by atoms with Crippen LogP contribution in [-0.4, -0.2) is 17.4 Å². The quantitative estimate of drug-likeness (QED) is 0.371. The molecule has 10 heavy (non-hydrogen) atoms. The van der Waals surface area contributed by atoms with Gasteiger partial charge in [-0.2, -0.15) is 4.89 Å². The van der Waals surface area contributed by atoms with Crippen molar-refractivity contribution in [2.24, 2.45) is 0 Å². The maximum Gasteiger partial charge on any atom is 0.537 e. The molecule has 0 fully saturated rings. The average molecular weight is 146 g/mol. The van der Waals surface area contributed by atoms with E-state index in [1.807, 2.05) is 0 Å². The molecule has 4 heteroatoms. The van der Waals surface area contributed by atoms with Crippen LogP contribution >= 0.6 is 0 Å². The predicted octanol–water partition coefficient (Wildman–Crippen LogP) is 1.58. The summed E-state index contributed by atoms with van der Waals surface area (Å²) in [5.41, 5.74) is 0. The Labute approximate surface area is 59.0 Å². The van der Waals surface area contributed by atoms with Crippen molar-refractivity contribution in [1.82, 2.24) is 0 Å². The van der Waals surface area contributed by atoms with Gasteiger partial charge >= 0.3 is 6.16 Å². The molecule has 4 nitrogen and oxygen atoms in total. The zero-order chi connectivity index (χ0) is 7.98. The maximum atomic E-state index is 9.73. The largest absolute Gasteiger partial charge is 0.537 e. The summed E-state index contributed by atoms with van der Waals surface area (Å²) < 4.78 is 0. The van der Waals surface area contributed by atoms with Gasteiger partial charge in [-0.1, -0.05) is 6.08 Å². The van der Waals surface area contributed by atoms with E-state index in [1.165, 1.54) is 0 Å². The van der Waals surface area contributed by atoms with Gasteiger partial charge in [-0.3, -0.25) is 4.89 Å². The molecule has 0 radical (unpaired) electrons. The highest BCUT2D eigenvalue weighted by atomic mass is 17.2. The average Bonchev–Trinajstić information content (AvgIpc) is 1.85. The van der Waals surface area contributed by atoms with Crippen LogP contribution in [-0.2, 0) is 9.78 Å². The molecule has 0 spiro atoms. The zero-order valence-corrected chi connectivity index (χ0v) is 5.74. The monoisotopic (exact) mass is 146 g/mol. The van der Waals surface area contributed by atoms with Gasteiger partial charge in [0.1, 0.15) is 6.10 Å². The molecule has 0 heterocycles. The lowest BCUT2D eigenvalue weighted by atomic mass is 10.3. The van der Waals surface area contributed by atoms with Gasteiger partial charge < -0.3 is 5.11 Å². The fourth-order valence-corrected chi connectivity index (χ4v) is 0.397. The first kappa shape index (κ1) is 8.97. The highest BCUT2D eigenvalue weighted by Crippen LogP contribution is 1.97. The molecule has 1 N–H and O–H groups in total. The smallest absolute Gasteiger partial charge is 0.448 e. The lowest BCUT2D eigenvalue weighted by Crippen LogP contribution is -2.10. The summed E-state index contributed by atoms with van der Waals surface area (Å²) in [7, 11) is 0. The van der Waals surface area contributed by atoms with Crippen molar-refractivity contribution in [3.05, 3.63) is 12.7 Å². The molecule has 0 aliphatic rings. The molecule has 0 saturated carbocycles. The van der Waals surface area contributed by atoms with E-state index < -0.39 is 6.16 Å². The predicted molar refractivity (Wildman–Crippen MR) is 34.5 cm³/mol. The Morgan fingerprint density at radius 3 is 2.90 bits per heavy atom. The van der Waals surface area contributed by atoms with Crippen molar-refractivity contribution in [2.45, 2.75) is 19.4 Å². The molecular formula is C6H10O4. The maximum absolute atomic E-state index is 9.73. The summed E-state index contributed by atoms with van der Waals surface area (Å²) in [6.07, 6.45) is 0.480. The van der Waals surface area contributed by atoms with Gasteiger partial charge in [0, 0.05) is 0 Å². The van der Waals surface area contributed by atoms with E-state index in [9.17, 15) is 4.79 Å². The van der Waals surface area contributed by atoms with Crippen molar-refractivity contribution in [1.29, 1.82) is 0 Å². The van der Waals surface area contributed by atoms with Gasteiger partial charge in [-0.15, -0.1) is 6.58 Å². The highest BCUT2D eigenvalue weighted by Gasteiger charge is 2.03. The Hall–Kier alpha value is -1.03. The van der Waals surface area contributed by atoms with Crippen molar-refractivity contribution in [3.63, 3.8) is 0 Å². The fourth-order valence-electron chi connectivity index (χ4n) is 0.397. The van der Waals surface area contributed by atoms with Crippen LogP contribution in [0.3, 0.4) is 0 Å². The second kappa shape index (κ2) is 4.81. The number of carboxylic acid groups (broad SMARTS) is 1. The fraction of sp³-hybridized carbons (Fsp3) is 0.500. The Kier molecular flexibility index (Phi) is 4.32. The summed E-state index contributed by atoms with van der Waals surface area (Å²) in [6.45, 7) is 5.13. The van der Waals surface area contributed by atoms with Gasteiger partial charge in [-0.25, -0.2) is 4.79 Å². The molecule has 0 saturated heterocycles. The van der Waals surface area contributed by atoms with Gasteiger partial charge in [0.2, 0.25) is 0 Å². The molecule has 0 aliphatic heterocycles. The van der Waals surface area contributed by atoms with Crippen LogP contribution in [0, 0.1) is 0 Å². The number of hydrogen-bond acceptors (Lipinski definition) is 3. The normalized spacial score (nSPS) is 12.1. The van der Waals surface area contributed by atoms with Gasteiger partial charge in [-0.05, 0) is 13.3 Å². The van der Waals surface area contributed by atoms with E-state index >= 15 is 0 Å². The molecule has 1 atom stereocenters. The van der Waals surface area contributed by atoms with Crippen LogP contribution in [0.15, 0.2) is 12.7 Å². The minimum absolute atomic E-state index is 0.270. The Balaban J connectivity index is 3.29. The van der Waals surface area contributed by atoms with Crippen LogP contribution in [0.5, 0.6) is 0 Å². The summed E-state index contributed by atoms with van der Waals surface area (Å²) in [5, 5.41) is 7.96. The molecule has 0 aliphatic carbocycles. The molecule has 0 bridgehead atoms. The minimum Gasteiger partial charge on any atom is -0.448 e. The molecule has 0 rings (SSSR count). The lowest BCUT2D eigenvalue weighted by Gasteiger charge is -2.05.